The zero-order valence-corrected chi connectivity index (χ0v) is 7.92. The largest absolute Gasteiger partial charge is 0.491 e. The summed E-state index contributed by atoms with van der Waals surface area (Å²) in [7, 11) is 0. The average molecular weight is 211 g/mol. The first-order valence-electron chi connectivity index (χ1n) is 4.62. The van der Waals surface area contributed by atoms with Crippen LogP contribution in [0.4, 0.5) is 14.9 Å². The summed E-state index contributed by atoms with van der Waals surface area (Å²) in [5.41, 5.74) is 0.891. The van der Waals surface area contributed by atoms with Gasteiger partial charge in [0.2, 0.25) is 0 Å². The molecule has 1 aliphatic heterocycles. The lowest BCUT2D eigenvalue weighted by Crippen LogP contribution is -2.14. The molecule has 2 rings (SSSR count). The minimum absolute atomic E-state index is 0.178. The Balaban J connectivity index is 2.43. The third kappa shape index (κ3) is 2.01. The molecule has 80 valence electrons. The zero-order chi connectivity index (χ0) is 10.8. The number of benzene rings is 1. The van der Waals surface area contributed by atoms with E-state index in [1.165, 1.54) is 6.07 Å². The molecule has 0 atom stereocenters. The van der Waals surface area contributed by atoms with Crippen LogP contribution in [0.1, 0.15) is 12.0 Å². The monoisotopic (exact) mass is 211 g/mol. The van der Waals surface area contributed by atoms with Crippen molar-refractivity contribution >= 4 is 11.8 Å². The van der Waals surface area contributed by atoms with Crippen molar-refractivity contribution in [1.29, 1.82) is 0 Å². The summed E-state index contributed by atoms with van der Waals surface area (Å²) < 4.78 is 18.4. The highest BCUT2D eigenvalue weighted by Gasteiger charge is 2.17. The summed E-state index contributed by atoms with van der Waals surface area (Å²) in [6, 6.07) is 2.50. The first-order valence-corrected chi connectivity index (χ1v) is 4.62. The Kier molecular flexibility index (Phi) is 2.45. The number of anilines is 1. The Bertz CT molecular complexity index is 406. The number of hydrogen-bond acceptors (Lipinski definition) is 2. The highest BCUT2D eigenvalue weighted by Crippen LogP contribution is 2.33. The van der Waals surface area contributed by atoms with Crippen LogP contribution < -0.4 is 10.1 Å². The molecule has 0 radical (unpaired) electrons. The molecular weight excluding hydrogens is 201 g/mol. The van der Waals surface area contributed by atoms with E-state index in [1.807, 2.05) is 0 Å². The number of ether oxygens (including phenoxy) is 1. The molecule has 0 fully saturated rings. The van der Waals surface area contributed by atoms with Crippen LogP contribution in [0, 0.1) is 5.82 Å². The number of rotatable bonds is 1. The van der Waals surface area contributed by atoms with Crippen molar-refractivity contribution in [1.82, 2.24) is 0 Å². The van der Waals surface area contributed by atoms with Gasteiger partial charge in [0.05, 0.1) is 12.3 Å². The molecule has 2 N–H and O–H groups in total. The molecule has 0 aromatic heterocycles. The second-order valence-electron chi connectivity index (χ2n) is 3.32. The lowest BCUT2D eigenvalue weighted by atomic mass is 10.1. The summed E-state index contributed by atoms with van der Waals surface area (Å²) in [5.74, 6) is -0.00644. The van der Waals surface area contributed by atoms with Crippen LogP contribution in [-0.2, 0) is 6.42 Å². The van der Waals surface area contributed by atoms with Crippen molar-refractivity contribution in [2.75, 3.05) is 11.9 Å². The van der Waals surface area contributed by atoms with Gasteiger partial charge < -0.3 is 9.84 Å². The van der Waals surface area contributed by atoms with E-state index in [1.54, 1.807) is 0 Å². The van der Waals surface area contributed by atoms with Crippen LogP contribution in [0.2, 0.25) is 0 Å². The number of nitrogens with one attached hydrogen (secondary N) is 1. The lowest BCUT2D eigenvalue weighted by Gasteiger charge is -2.20. The summed E-state index contributed by atoms with van der Waals surface area (Å²) in [6.07, 6.45) is 0.307. The zero-order valence-electron chi connectivity index (χ0n) is 7.92. The van der Waals surface area contributed by atoms with Crippen molar-refractivity contribution < 1.29 is 19.0 Å². The molecule has 1 aromatic rings. The van der Waals surface area contributed by atoms with Gasteiger partial charge in [0.25, 0.3) is 0 Å². The predicted molar refractivity (Wildman–Crippen MR) is 51.9 cm³/mol. The topological polar surface area (TPSA) is 58.6 Å². The quantitative estimate of drug-likeness (QED) is 0.748. The average Bonchev–Trinajstić information content (AvgIpc) is 2.16. The van der Waals surface area contributed by atoms with Gasteiger partial charge >= 0.3 is 6.09 Å². The lowest BCUT2D eigenvalue weighted by molar-refractivity contribution is 0.209. The van der Waals surface area contributed by atoms with Gasteiger partial charge in [0.15, 0.2) is 0 Å². The van der Waals surface area contributed by atoms with Crippen LogP contribution in [0.3, 0.4) is 0 Å². The molecule has 1 aromatic carbocycles. The SMILES string of the molecule is O=C(O)Nc1cc(F)cc2c1OCCC2. The number of amides is 1. The third-order valence-electron chi connectivity index (χ3n) is 2.21. The molecule has 1 amide bonds. The van der Waals surface area contributed by atoms with E-state index in [4.69, 9.17) is 9.84 Å². The van der Waals surface area contributed by atoms with E-state index < -0.39 is 11.9 Å². The molecule has 0 saturated carbocycles. The molecule has 0 bridgehead atoms. The normalized spacial score (nSPS) is 13.9. The van der Waals surface area contributed by atoms with Gasteiger partial charge in [-0.1, -0.05) is 0 Å². The highest BCUT2D eigenvalue weighted by atomic mass is 19.1. The number of fused-ring (bicyclic) bond motifs is 1. The van der Waals surface area contributed by atoms with Gasteiger partial charge in [-0.25, -0.2) is 9.18 Å². The van der Waals surface area contributed by atoms with E-state index in [0.29, 0.717) is 24.3 Å². The molecule has 1 heterocycles. The number of hydrogen-bond donors (Lipinski definition) is 2. The Hall–Kier alpha value is -1.78. The van der Waals surface area contributed by atoms with E-state index in [9.17, 15) is 9.18 Å². The minimum Gasteiger partial charge on any atom is -0.491 e. The van der Waals surface area contributed by atoms with Gasteiger partial charge in [-0.15, -0.1) is 0 Å². The fourth-order valence-electron chi connectivity index (χ4n) is 1.65. The highest BCUT2D eigenvalue weighted by molar-refractivity contribution is 5.85. The molecule has 0 aliphatic carbocycles. The van der Waals surface area contributed by atoms with Gasteiger partial charge in [0, 0.05) is 6.07 Å². The summed E-state index contributed by atoms with van der Waals surface area (Å²) in [4.78, 5) is 10.5. The third-order valence-corrected chi connectivity index (χ3v) is 2.21. The fraction of sp³-hybridized carbons (Fsp3) is 0.300. The van der Waals surface area contributed by atoms with Crippen molar-refractivity contribution in [2.45, 2.75) is 12.8 Å². The van der Waals surface area contributed by atoms with E-state index in [-0.39, 0.29) is 5.69 Å². The molecule has 4 nitrogen and oxygen atoms in total. The van der Waals surface area contributed by atoms with Gasteiger partial charge in [-0.2, -0.15) is 0 Å². The van der Waals surface area contributed by atoms with Crippen LogP contribution in [-0.4, -0.2) is 17.8 Å². The number of halogens is 1. The summed E-state index contributed by atoms with van der Waals surface area (Å²) in [6.45, 7) is 0.535. The van der Waals surface area contributed by atoms with Gasteiger partial charge in [-0.3, -0.25) is 5.32 Å². The Morgan fingerprint density at radius 3 is 3.07 bits per heavy atom. The van der Waals surface area contributed by atoms with Crippen molar-refractivity contribution in [3.8, 4) is 5.75 Å². The number of carboxylic acid groups (broad SMARTS) is 1. The number of aryl methyl sites for hydroxylation is 1. The van der Waals surface area contributed by atoms with Gasteiger partial charge in [-0.05, 0) is 24.5 Å². The smallest absolute Gasteiger partial charge is 0.409 e. The van der Waals surface area contributed by atoms with E-state index in [0.717, 1.165) is 12.5 Å². The molecule has 0 saturated heterocycles. The number of carbonyl (C=O) groups is 1. The molecule has 0 spiro atoms. The molecular formula is C10H10FNO3. The van der Waals surface area contributed by atoms with Crippen molar-refractivity contribution in [3.05, 3.63) is 23.5 Å². The molecule has 15 heavy (non-hydrogen) atoms. The fourth-order valence-corrected chi connectivity index (χ4v) is 1.65. The standard InChI is InChI=1S/C10H10FNO3/c11-7-4-6-2-1-3-15-9(6)8(5-7)12-10(13)14/h4-5,12H,1-3H2,(H,13,14). The molecule has 0 unspecified atom stereocenters. The minimum atomic E-state index is -1.23. The van der Waals surface area contributed by atoms with Crippen LogP contribution in [0.25, 0.3) is 0 Å². The molecule has 1 aliphatic rings. The van der Waals surface area contributed by atoms with Crippen LogP contribution in [0.15, 0.2) is 12.1 Å². The summed E-state index contributed by atoms with van der Waals surface area (Å²) in [5, 5.41) is 10.7. The second kappa shape index (κ2) is 3.76. The Morgan fingerprint density at radius 2 is 2.33 bits per heavy atom. The van der Waals surface area contributed by atoms with Crippen LogP contribution in [0.5, 0.6) is 5.75 Å². The first-order chi connectivity index (χ1) is 7.16. The maximum absolute atomic E-state index is 13.1. The summed E-state index contributed by atoms with van der Waals surface area (Å²) >= 11 is 0. The second-order valence-corrected chi connectivity index (χ2v) is 3.32. The van der Waals surface area contributed by atoms with E-state index >= 15 is 0 Å². The molecule has 5 heteroatoms. The van der Waals surface area contributed by atoms with Gasteiger partial charge in [0.1, 0.15) is 11.6 Å². The Morgan fingerprint density at radius 1 is 1.53 bits per heavy atom. The Labute approximate surface area is 85.7 Å². The van der Waals surface area contributed by atoms with Crippen LogP contribution >= 0.6 is 0 Å². The van der Waals surface area contributed by atoms with Crippen molar-refractivity contribution in [3.63, 3.8) is 0 Å². The first kappa shape index (κ1) is 9.76. The maximum Gasteiger partial charge on any atom is 0.409 e. The van der Waals surface area contributed by atoms with E-state index in [2.05, 4.69) is 5.32 Å². The van der Waals surface area contributed by atoms with Crippen molar-refractivity contribution in [2.24, 2.45) is 0 Å². The maximum atomic E-state index is 13.1. The predicted octanol–water partition coefficient (Wildman–Crippen LogP) is 2.24.